The molecule has 1 aromatic heterocycles. The van der Waals surface area contributed by atoms with Crippen molar-refractivity contribution in [2.24, 2.45) is 10.9 Å². The van der Waals surface area contributed by atoms with Crippen molar-refractivity contribution in [3.8, 4) is 0 Å². The van der Waals surface area contributed by atoms with Crippen molar-refractivity contribution >= 4 is 57.2 Å². The number of aryl methyl sites for hydroxylation is 1. The monoisotopic (exact) mass is 450 g/mol. The third-order valence-corrected chi connectivity index (χ3v) is 7.15. The van der Waals surface area contributed by atoms with Crippen LogP contribution in [0.2, 0.25) is 5.02 Å². The number of halogens is 1. The van der Waals surface area contributed by atoms with Crippen LogP contribution in [-0.2, 0) is 11.3 Å². The van der Waals surface area contributed by atoms with Gasteiger partial charge in [-0.05, 0) is 60.0 Å². The smallest absolute Gasteiger partial charge is 0.264 e. The van der Waals surface area contributed by atoms with Gasteiger partial charge in [-0.25, -0.2) is 9.98 Å². The van der Waals surface area contributed by atoms with E-state index in [4.69, 9.17) is 11.6 Å². The molecule has 0 bridgehead atoms. The minimum atomic E-state index is -0.148. The van der Waals surface area contributed by atoms with Crippen molar-refractivity contribution in [3.63, 3.8) is 0 Å². The van der Waals surface area contributed by atoms with Crippen LogP contribution in [0.3, 0.4) is 0 Å². The molecule has 1 N–H and O–H groups in total. The minimum absolute atomic E-state index is 0.148. The Morgan fingerprint density at radius 2 is 2.06 bits per heavy atom. The second-order valence-corrected chi connectivity index (χ2v) is 9.50. The number of amidine groups is 1. The predicted molar refractivity (Wildman–Crippen MR) is 129 cm³/mol. The fraction of sp³-hybridized carbons (Fsp3) is 0.292. The molecule has 1 amide bonds. The lowest BCUT2D eigenvalue weighted by molar-refractivity contribution is -0.115. The molecule has 2 heterocycles. The van der Waals surface area contributed by atoms with Crippen LogP contribution >= 0.6 is 23.4 Å². The molecule has 1 saturated heterocycles. The Kier molecular flexibility index (Phi) is 5.83. The van der Waals surface area contributed by atoms with Gasteiger partial charge in [0.2, 0.25) is 0 Å². The lowest BCUT2D eigenvalue weighted by Gasteiger charge is -2.10. The Morgan fingerprint density at radius 3 is 2.90 bits per heavy atom. The van der Waals surface area contributed by atoms with Gasteiger partial charge in [0.1, 0.15) is 0 Å². The Hall–Kier alpha value is -2.57. The van der Waals surface area contributed by atoms with E-state index in [2.05, 4.69) is 25.9 Å². The molecule has 2 aliphatic rings. The number of benzene rings is 2. The molecule has 2 aromatic carbocycles. The van der Waals surface area contributed by atoms with Crippen LogP contribution in [0.25, 0.3) is 17.1 Å². The summed E-state index contributed by atoms with van der Waals surface area (Å²) in [5.41, 5.74) is 3.71. The normalized spacial score (nSPS) is 19.7. The number of nitrogens with zero attached hydrogens (tertiary/aromatic N) is 3. The summed E-state index contributed by atoms with van der Waals surface area (Å²) in [6.07, 6.45) is 10.5. The Morgan fingerprint density at radius 1 is 1.23 bits per heavy atom. The van der Waals surface area contributed by atoms with Crippen LogP contribution in [-0.4, -0.2) is 20.6 Å². The first kappa shape index (κ1) is 20.3. The maximum atomic E-state index is 12.5. The van der Waals surface area contributed by atoms with Gasteiger partial charge in [0.05, 0.1) is 33.0 Å². The van der Waals surface area contributed by atoms with E-state index in [1.807, 2.05) is 42.7 Å². The highest BCUT2D eigenvalue weighted by Crippen LogP contribution is 2.32. The minimum Gasteiger partial charge on any atom is -0.331 e. The predicted octanol–water partition coefficient (Wildman–Crippen LogP) is 6.16. The maximum Gasteiger partial charge on any atom is 0.264 e. The number of fused-ring (bicyclic) bond motifs is 1. The van der Waals surface area contributed by atoms with Crippen molar-refractivity contribution in [2.75, 3.05) is 0 Å². The number of hydrogen-bond donors (Lipinski definition) is 1. The number of thioether (sulfide) groups is 1. The first-order valence-electron chi connectivity index (χ1n) is 10.6. The van der Waals surface area contributed by atoms with Gasteiger partial charge < -0.3 is 9.88 Å². The molecular formula is C24H23ClN4OS. The number of para-hydroxylation sites is 1. The average Bonchev–Trinajstić information content (AvgIpc) is 3.49. The summed E-state index contributed by atoms with van der Waals surface area (Å²) >= 11 is 7.51. The highest BCUT2D eigenvalue weighted by molar-refractivity contribution is 8.18. The highest BCUT2D eigenvalue weighted by atomic mass is 35.5. The number of amides is 1. The topological polar surface area (TPSA) is 59.3 Å². The zero-order valence-corrected chi connectivity index (χ0v) is 18.6. The lowest BCUT2D eigenvalue weighted by Crippen LogP contribution is -2.19. The number of carbonyl (C=O) groups excluding carboxylic acids is 1. The largest absolute Gasteiger partial charge is 0.331 e. The van der Waals surface area contributed by atoms with Gasteiger partial charge in [0.15, 0.2) is 5.17 Å². The van der Waals surface area contributed by atoms with Crippen molar-refractivity contribution in [1.29, 1.82) is 0 Å². The Balaban J connectivity index is 1.36. The number of aromatic nitrogens is 2. The summed E-state index contributed by atoms with van der Waals surface area (Å²) in [6.45, 7) is 0.991. The van der Waals surface area contributed by atoms with E-state index in [9.17, 15) is 4.79 Å². The molecule has 0 atom stereocenters. The fourth-order valence-corrected chi connectivity index (χ4v) is 5.26. The summed E-state index contributed by atoms with van der Waals surface area (Å²) in [7, 11) is 0. The van der Waals surface area contributed by atoms with Crippen LogP contribution in [0.1, 0.15) is 37.7 Å². The molecule has 158 valence electrons. The van der Waals surface area contributed by atoms with Crippen molar-refractivity contribution < 1.29 is 4.79 Å². The van der Waals surface area contributed by atoms with Gasteiger partial charge in [0, 0.05) is 6.54 Å². The summed E-state index contributed by atoms with van der Waals surface area (Å²) < 4.78 is 2.24. The van der Waals surface area contributed by atoms with Crippen molar-refractivity contribution in [2.45, 2.75) is 38.6 Å². The van der Waals surface area contributed by atoms with Gasteiger partial charge >= 0.3 is 0 Å². The SMILES string of the molecule is O=C1NC(=Nc2ccccc2Cl)SC1=Cc1ccc2ncn(CCC3CCCC3)c2c1. The van der Waals surface area contributed by atoms with Crippen LogP contribution in [0.5, 0.6) is 0 Å². The third kappa shape index (κ3) is 4.55. The molecule has 31 heavy (non-hydrogen) atoms. The van der Waals surface area contributed by atoms with Crippen LogP contribution < -0.4 is 5.32 Å². The van der Waals surface area contributed by atoms with Gasteiger partial charge in [-0.3, -0.25) is 4.79 Å². The molecule has 1 saturated carbocycles. The van der Waals surface area contributed by atoms with E-state index in [-0.39, 0.29) is 5.91 Å². The van der Waals surface area contributed by atoms with Gasteiger partial charge in [-0.2, -0.15) is 0 Å². The number of rotatable bonds is 5. The molecule has 0 spiro atoms. The fourth-order valence-electron chi connectivity index (χ4n) is 4.25. The number of imidazole rings is 1. The molecule has 0 radical (unpaired) electrons. The van der Waals surface area contributed by atoms with Crippen LogP contribution in [0.15, 0.2) is 58.7 Å². The number of hydrogen-bond acceptors (Lipinski definition) is 4. The molecule has 1 aliphatic carbocycles. The van der Waals surface area contributed by atoms with Crippen LogP contribution in [0.4, 0.5) is 5.69 Å². The van der Waals surface area contributed by atoms with E-state index in [0.717, 1.165) is 29.1 Å². The molecule has 2 fully saturated rings. The highest BCUT2D eigenvalue weighted by Gasteiger charge is 2.24. The first-order valence-corrected chi connectivity index (χ1v) is 11.8. The van der Waals surface area contributed by atoms with Crippen LogP contribution in [0, 0.1) is 5.92 Å². The Labute approximate surface area is 190 Å². The molecular weight excluding hydrogens is 428 g/mol. The molecule has 3 aromatic rings. The number of aliphatic imine (C=N–C) groups is 1. The first-order chi connectivity index (χ1) is 15.2. The maximum absolute atomic E-state index is 12.5. The second kappa shape index (κ2) is 8.89. The Bertz CT molecular complexity index is 1190. The molecule has 0 unspecified atom stereocenters. The summed E-state index contributed by atoms with van der Waals surface area (Å²) in [6, 6.07) is 13.5. The van der Waals surface area contributed by atoms with Gasteiger partial charge in [0.25, 0.3) is 5.91 Å². The summed E-state index contributed by atoms with van der Waals surface area (Å²) in [5, 5.41) is 3.91. The number of carbonyl (C=O) groups is 1. The van der Waals surface area contributed by atoms with E-state index in [0.29, 0.717) is 20.8 Å². The van der Waals surface area contributed by atoms with E-state index < -0.39 is 0 Å². The lowest BCUT2D eigenvalue weighted by atomic mass is 10.0. The van der Waals surface area contributed by atoms with E-state index >= 15 is 0 Å². The number of nitrogens with one attached hydrogen (secondary N) is 1. The second-order valence-electron chi connectivity index (χ2n) is 8.06. The van der Waals surface area contributed by atoms with Gasteiger partial charge in [-0.15, -0.1) is 0 Å². The third-order valence-electron chi connectivity index (χ3n) is 5.92. The summed E-state index contributed by atoms with van der Waals surface area (Å²) in [5.74, 6) is 0.697. The quantitative estimate of drug-likeness (QED) is 0.473. The molecule has 5 nitrogen and oxygen atoms in total. The molecule has 7 heteroatoms. The standard InChI is InChI=1S/C24H23ClN4OS/c25-18-7-3-4-8-19(18)27-24-28-23(30)22(31-24)14-17-9-10-20-21(13-17)29(15-26-20)12-11-16-5-1-2-6-16/h3-4,7-10,13-16H,1-2,5-6,11-12H2,(H,27,28,30). The molecule has 1 aliphatic heterocycles. The van der Waals surface area contributed by atoms with Crippen molar-refractivity contribution in [3.05, 3.63) is 64.3 Å². The van der Waals surface area contributed by atoms with Gasteiger partial charge in [-0.1, -0.05) is 55.5 Å². The molecule has 5 rings (SSSR count). The average molecular weight is 451 g/mol. The summed E-state index contributed by atoms with van der Waals surface area (Å²) in [4.78, 5) is 22.1. The zero-order chi connectivity index (χ0) is 21.2. The van der Waals surface area contributed by atoms with Crippen molar-refractivity contribution in [1.82, 2.24) is 14.9 Å². The zero-order valence-electron chi connectivity index (χ0n) is 17.1. The van der Waals surface area contributed by atoms with E-state index in [1.54, 1.807) is 6.07 Å². The van der Waals surface area contributed by atoms with E-state index in [1.165, 1.54) is 43.9 Å².